The predicted octanol–water partition coefficient (Wildman–Crippen LogP) is 1.38. The Kier molecular flexibility index (Phi) is 3.11. The minimum Gasteiger partial charge on any atom is -0.338 e. The lowest BCUT2D eigenvalue weighted by Crippen LogP contribution is -2.29. The van der Waals surface area contributed by atoms with Gasteiger partial charge in [-0.15, -0.1) is 0 Å². The first-order valence-electron chi connectivity index (χ1n) is 6.92. The van der Waals surface area contributed by atoms with E-state index in [2.05, 4.69) is 34.2 Å². The van der Waals surface area contributed by atoms with Crippen molar-refractivity contribution in [3.05, 3.63) is 11.7 Å². The summed E-state index contributed by atoms with van der Waals surface area (Å²) in [6.45, 7) is 9.64. The Morgan fingerprint density at radius 2 is 2.33 bits per heavy atom. The van der Waals surface area contributed by atoms with Gasteiger partial charge in [0, 0.05) is 19.0 Å². The van der Waals surface area contributed by atoms with Crippen molar-refractivity contribution < 1.29 is 4.52 Å². The molecule has 2 fully saturated rings. The molecule has 0 aromatic carbocycles. The molecular formula is C13H22N4O. The highest BCUT2D eigenvalue weighted by Gasteiger charge is 2.40. The van der Waals surface area contributed by atoms with Crippen LogP contribution in [0.1, 0.15) is 44.3 Å². The largest absolute Gasteiger partial charge is 0.338 e. The molecule has 0 aliphatic carbocycles. The van der Waals surface area contributed by atoms with Crippen molar-refractivity contribution in [1.82, 2.24) is 20.4 Å². The summed E-state index contributed by atoms with van der Waals surface area (Å²) in [6, 6.07) is 0. The molecule has 1 unspecified atom stereocenters. The number of hydrogen-bond donors (Lipinski definition) is 1. The summed E-state index contributed by atoms with van der Waals surface area (Å²) in [7, 11) is 0. The van der Waals surface area contributed by atoms with Crippen LogP contribution in [0, 0.1) is 5.41 Å². The molecule has 3 heterocycles. The maximum Gasteiger partial charge on any atom is 0.240 e. The third-order valence-electron chi connectivity index (χ3n) is 4.21. The highest BCUT2D eigenvalue weighted by atomic mass is 16.5. The fraction of sp³-hybridized carbons (Fsp3) is 0.846. The first-order chi connectivity index (χ1) is 8.67. The third kappa shape index (κ3) is 2.29. The molecule has 0 saturated carbocycles. The van der Waals surface area contributed by atoms with Crippen LogP contribution < -0.4 is 5.32 Å². The molecule has 0 radical (unpaired) electrons. The molecule has 2 aliphatic heterocycles. The first kappa shape index (κ1) is 12.1. The zero-order valence-electron chi connectivity index (χ0n) is 11.3. The average Bonchev–Trinajstić information content (AvgIpc) is 3.03. The molecule has 1 spiro atoms. The van der Waals surface area contributed by atoms with E-state index in [-0.39, 0.29) is 0 Å². The summed E-state index contributed by atoms with van der Waals surface area (Å²) in [5, 5.41) is 7.50. The Morgan fingerprint density at radius 3 is 3.00 bits per heavy atom. The highest BCUT2D eigenvalue weighted by Crippen LogP contribution is 2.36. The van der Waals surface area contributed by atoms with Crippen molar-refractivity contribution >= 4 is 0 Å². The summed E-state index contributed by atoms with van der Waals surface area (Å²) in [6.07, 6.45) is 2.61. The van der Waals surface area contributed by atoms with E-state index in [0.29, 0.717) is 11.3 Å². The molecule has 18 heavy (non-hydrogen) atoms. The predicted molar refractivity (Wildman–Crippen MR) is 68.2 cm³/mol. The van der Waals surface area contributed by atoms with Gasteiger partial charge in [0.15, 0.2) is 5.82 Å². The van der Waals surface area contributed by atoms with Crippen molar-refractivity contribution in [3.8, 4) is 0 Å². The molecule has 1 aromatic rings. The van der Waals surface area contributed by atoms with Crippen LogP contribution in [0.15, 0.2) is 4.52 Å². The smallest absolute Gasteiger partial charge is 0.240 e. The monoisotopic (exact) mass is 250 g/mol. The lowest BCUT2D eigenvalue weighted by molar-refractivity contribution is 0.235. The van der Waals surface area contributed by atoms with Crippen molar-refractivity contribution in [2.24, 2.45) is 5.41 Å². The number of rotatable bonds is 3. The molecule has 5 nitrogen and oxygen atoms in total. The van der Waals surface area contributed by atoms with Gasteiger partial charge in [-0.1, -0.05) is 19.0 Å². The minimum absolute atomic E-state index is 0.339. The summed E-state index contributed by atoms with van der Waals surface area (Å²) in [5.74, 6) is 1.93. The van der Waals surface area contributed by atoms with E-state index in [1.165, 1.54) is 32.5 Å². The molecule has 3 rings (SSSR count). The molecule has 1 atom stereocenters. The zero-order chi connectivity index (χ0) is 12.6. The highest BCUT2D eigenvalue weighted by molar-refractivity contribution is 4.97. The van der Waals surface area contributed by atoms with Crippen LogP contribution in [-0.4, -0.2) is 41.2 Å². The normalized spacial score (nSPS) is 28.8. The lowest BCUT2D eigenvalue weighted by atomic mass is 9.87. The Hall–Kier alpha value is -0.940. The van der Waals surface area contributed by atoms with Crippen LogP contribution in [-0.2, 0) is 6.54 Å². The van der Waals surface area contributed by atoms with Gasteiger partial charge < -0.3 is 9.84 Å². The van der Waals surface area contributed by atoms with E-state index in [9.17, 15) is 0 Å². The van der Waals surface area contributed by atoms with Gasteiger partial charge in [0.05, 0.1) is 6.54 Å². The Morgan fingerprint density at radius 1 is 1.44 bits per heavy atom. The van der Waals surface area contributed by atoms with Gasteiger partial charge in [-0.3, -0.25) is 4.90 Å². The quantitative estimate of drug-likeness (QED) is 0.878. The minimum atomic E-state index is 0.339. The molecular weight excluding hydrogens is 228 g/mol. The lowest BCUT2D eigenvalue weighted by Gasteiger charge is -2.21. The average molecular weight is 250 g/mol. The molecule has 100 valence electrons. The molecule has 1 aromatic heterocycles. The molecule has 0 amide bonds. The number of nitrogens with one attached hydrogen (secondary N) is 1. The Bertz CT molecular complexity index is 409. The van der Waals surface area contributed by atoms with Crippen LogP contribution in [0.25, 0.3) is 0 Å². The number of nitrogens with zero attached hydrogens (tertiary/aromatic N) is 3. The SMILES string of the molecule is CC(C)c1noc(CN2CCC3(CCNC3)C2)n1. The second kappa shape index (κ2) is 4.63. The molecule has 2 saturated heterocycles. The van der Waals surface area contributed by atoms with Crippen LogP contribution in [0.3, 0.4) is 0 Å². The Balaban J connectivity index is 1.60. The van der Waals surface area contributed by atoms with Crippen molar-refractivity contribution in [2.75, 3.05) is 26.2 Å². The van der Waals surface area contributed by atoms with E-state index < -0.39 is 0 Å². The van der Waals surface area contributed by atoms with Gasteiger partial charge in [0.25, 0.3) is 0 Å². The van der Waals surface area contributed by atoms with Crippen LogP contribution in [0.5, 0.6) is 0 Å². The van der Waals surface area contributed by atoms with Crippen LogP contribution in [0.4, 0.5) is 0 Å². The topological polar surface area (TPSA) is 54.2 Å². The van der Waals surface area contributed by atoms with Crippen molar-refractivity contribution in [3.63, 3.8) is 0 Å². The van der Waals surface area contributed by atoms with E-state index in [1.807, 2.05) is 0 Å². The third-order valence-corrected chi connectivity index (χ3v) is 4.21. The molecule has 1 N–H and O–H groups in total. The number of hydrogen-bond acceptors (Lipinski definition) is 5. The second-order valence-electron chi connectivity index (χ2n) is 6.09. The van der Waals surface area contributed by atoms with E-state index in [4.69, 9.17) is 4.52 Å². The van der Waals surface area contributed by atoms with Crippen molar-refractivity contribution in [2.45, 2.75) is 39.2 Å². The number of aromatic nitrogens is 2. The van der Waals surface area contributed by atoms with Crippen LogP contribution in [0.2, 0.25) is 0 Å². The first-order valence-corrected chi connectivity index (χ1v) is 6.92. The summed E-state index contributed by atoms with van der Waals surface area (Å²) < 4.78 is 5.32. The van der Waals surface area contributed by atoms with Gasteiger partial charge in [-0.05, 0) is 31.3 Å². The summed E-state index contributed by atoms with van der Waals surface area (Å²) >= 11 is 0. The summed E-state index contributed by atoms with van der Waals surface area (Å²) in [5.41, 5.74) is 0.515. The van der Waals surface area contributed by atoms with Crippen molar-refractivity contribution in [1.29, 1.82) is 0 Å². The molecule has 2 aliphatic rings. The molecule has 5 heteroatoms. The van der Waals surface area contributed by atoms with Gasteiger partial charge in [0.2, 0.25) is 5.89 Å². The van der Waals surface area contributed by atoms with E-state index in [0.717, 1.165) is 24.8 Å². The molecule has 0 bridgehead atoms. The standard InChI is InChI=1S/C13H22N4O/c1-10(2)12-15-11(18-16-12)7-17-6-4-13(9-17)3-5-14-8-13/h10,14H,3-9H2,1-2H3. The maximum absolute atomic E-state index is 5.32. The van der Waals surface area contributed by atoms with Gasteiger partial charge in [-0.25, -0.2) is 0 Å². The van der Waals surface area contributed by atoms with Crippen LogP contribution >= 0.6 is 0 Å². The van der Waals surface area contributed by atoms with E-state index >= 15 is 0 Å². The van der Waals surface area contributed by atoms with E-state index in [1.54, 1.807) is 0 Å². The fourth-order valence-corrected chi connectivity index (χ4v) is 3.06. The fourth-order valence-electron chi connectivity index (χ4n) is 3.06. The summed E-state index contributed by atoms with van der Waals surface area (Å²) in [4.78, 5) is 6.90. The zero-order valence-corrected chi connectivity index (χ0v) is 11.3. The second-order valence-corrected chi connectivity index (χ2v) is 6.09. The van der Waals surface area contributed by atoms with Gasteiger partial charge in [0.1, 0.15) is 0 Å². The number of likely N-dealkylation sites (tertiary alicyclic amines) is 1. The van der Waals surface area contributed by atoms with Gasteiger partial charge in [-0.2, -0.15) is 4.98 Å². The Labute approximate surface area is 108 Å². The maximum atomic E-state index is 5.32. The van der Waals surface area contributed by atoms with Gasteiger partial charge >= 0.3 is 0 Å².